The van der Waals surface area contributed by atoms with E-state index in [1.165, 1.54) is 6.07 Å². The topological polar surface area (TPSA) is 27.8 Å². The Balaban J connectivity index is 2.05. The van der Waals surface area contributed by atoms with Gasteiger partial charge in [0.1, 0.15) is 5.82 Å². The van der Waals surface area contributed by atoms with Gasteiger partial charge in [0, 0.05) is 16.4 Å². The Bertz CT molecular complexity index is 440. The number of nitrogens with one attached hydrogen (secondary N) is 2. The van der Waals surface area contributed by atoms with E-state index in [2.05, 4.69) is 26.2 Å². The van der Waals surface area contributed by atoms with Gasteiger partial charge in [0.05, 0.1) is 12.2 Å². The van der Waals surface area contributed by atoms with Crippen molar-refractivity contribution < 1.29 is 4.39 Å². The SMILES string of the molecule is Fc1cc(Br)ccc1NCc1ccc[nH]1. The first-order valence-electron chi connectivity index (χ1n) is 4.57. The molecule has 1 heterocycles. The summed E-state index contributed by atoms with van der Waals surface area (Å²) in [7, 11) is 0. The zero-order chi connectivity index (χ0) is 10.7. The largest absolute Gasteiger partial charge is 0.377 e. The van der Waals surface area contributed by atoms with Crippen molar-refractivity contribution in [2.24, 2.45) is 0 Å². The van der Waals surface area contributed by atoms with Crippen molar-refractivity contribution >= 4 is 21.6 Å². The maximum absolute atomic E-state index is 13.4. The zero-order valence-electron chi connectivity index (χ0n) is 7.93. The standard InChI is InChI=1S/C11H10BrFN2/c12-8-3-4-11(10(13)6-8)15-7-9-2-1-5-14-9/h1-6,14-15H,7H2. The van der Waals surface area contributed by atoms with Crippen LogP contribution in [0.3, 0.4) is 0 Å². The Morgan fingerprint density at radius 3 is 2.87 bits per heavy atom. The molecule has 0 saturated carbocycles. The Morgan fingerprint density at radius 2 is 2.20 bits per heavy atom. The fraction of sp³-hybridized carbons (Fsp3) is 0.0909. The van der Waals surface area contributed by atoms with Crippen LogP contribution in [-0.4, -0.2) is 4.98 Å². The molecule has 0 unspecified atom stereocenters. The van der Waals surface area contributed by atoms with Crippen LogP contribution in [0.15, 0.2) is 41.0 Å². The number of hydrogen-bond acceptors (Lipinski definition) is 1. The molecule has 0 aliphatic heterocycles. The van der Waals surface area contributed by atoms with Gasteiger partial charge in [-0.3, -0.25) is 0 Å². The van der Waals surface area contributed by atoms with E-state index in [0.29, 0.717) is 12.2 Å². The van der Waals surface area contributed by atoms with Gasteiger partial charge in [-0.15, -0.1) is 0 Å². The minimum Gasteiger partial charge on any atom is -0.377 e. The molecular formula is C11H10BrFN2. The Morgan fingerprint density at radius 1 is 1.33 bits per heavy atom. The van der Waals surface area contributed by atoms with Crippen LogP contribution in [0.2, 0.25) is 0 Å². The average molecular weight is 269 g/mol. The van der Waals surface area contributed by atoms with Crippen LogP contribution >= 0.6 is 15.9 Å². The lowest BCUT2D eigenvalue weighted by atomic mass is 10.3. The van der Waals surface area contributed by atoms with Gasteiger partial charge in [0.15, 0.2) is 0 Å². The summed E-state index contributed by atoms with van der Waals surface area (Å²) in [6.45, 7) is 0.589. The number of anilines is 1. The van der Waals surface area contributed by atoms with E-state index in [4.69, 9.17) is 0 Å². The number of hydrogen-bond donors (Lipinski definition) is 2. The van der Waals surface area contributed by atoms with Crippen molar-refractivity contribution in [1.82, 2.24) is 4.98 Å². The third-order valence-electron chi connectivity index (χ3n) is 2.06. The van der Waals surface area contributed by atoms with Gasteiger partial charge in [-0.2, -0.15) is 0 Å². The monoisotopic (exact) mass is 268 g/mol. The second-order valence-corrected chi connectivity index (χ2v) is 4.09. The Hall–Kier alpha value is -1.29. The summed E-state index contributed by atoms with van der Waals surface area (Å²) in [6, 6.07) is 8.82. The lowest BCUT2D eigenvalue weighted by Gasteiger charge is -2.06. The number of benzene rings is 1. The van der Waals surface area contributed by atoms with Gasteiger partial charge in [0.2, 0.25) is 0 Å². The van der Waals surface area contributed by atoms with Crippen molar-refractivity contribution in [1.29, 1.82) is 0 Å². The minimum atomic E-state index is -0.254. The summed E-state index contributed by atoms with van der Waals surface area (Å²) in [6.07, 6.45) is 1.84. The molecule has 2 rings (SSSR count). The highest BCUT2D eigenvalue weighted by Crippen LogP contribution is 2.19. The minimum absolute atomic E-state index is 0.254. The van der Waals surface area contributed by atoms with Gasteiger partial charge >= 0.3 is 0 Å². The molecule has 4 heteroatoms. The molecule has 2 N–H and O–H groups in total. The third kappa shape index (κ3) is 2.59. The van der Waals surface area contributed by atoms with Crippen LogP contribution in [0.5, 0.6) is 0 Å². The molecule has 0 atom stereocenters. The van der Waals surface area contributed by atoms with Crippen molar-refractivity contribution in [2.45, 2.75) is 6.54 Å². The maximum atomic E-state index is 13.4. The molecule has 2 aromatic rings. The first-order valence-corrected chi connectivity index (χ1v) is 5.36. The van der Waals surface area contributed by atoms with Crippen LogP contribution in [0, 0.1) is 5.82 Å². The highest BCUT2D eigenvalue weighted by atomic mass is 79.9. The molecule has 2 nitrogen and oxygen atoms in total. The fourth-order valence-electron chi connectivity index (χ4n) is 1.30. The molecule has 15 heavy (non-hydrogen) atoms. The molecule has 78 valence electrons. The van der Waals surface area contributed by atoms with Crippen LogP contribution in [0.4, 0.5) is 10.1 Å². The van der Waals surface area contributed by atoms with Crippen molar-refractivity contribution in [3.63, 3.8) is 0 Å². The smallest absolute Gasteiger partial charge is 0.147 e. The van der Waals surface area contributed by atoms with Crippen molar-refractivity contribution in [3.05, 3.63) is 52.5 Å². The summed E-state index contributed by atoms with van der Waals surface area (Å²) in [4.78, 5) is 3.04. The molecule has 0 saturated heterocycles. The van der Waals surface area contributed by atoms with E-state index in [1.54, 1.807) is 12.1 Å². The van der Waals surface area contributed by atoms with E-state index in [-0.39, 0.29) is 5.82 Å². The molecule has 0 amide bonds. The first kappa shape index (κ1) is 10.2. The third-order valence-corrected chi connectivity index (χ3v) is 2.56. The number of aromatic amines is 1. The van der Waals surface area contributed by atoms with Gasteiger partial charge in [-0.25, -0.2) is 4.39 Å². The van der Waals surface area contributed by atoms with Crippen LogP contribution in [0.1, 0.15) is 5.69 Å². The molecule has 0 bridgehead atoms. The highest BCUT2D eigenvalue weighted by Gasteiger charge is 2.01. The number of rotatable bonds is 3. The van der Waals surface area contributed by atoms with E-state index in [9.17, 15) is 4.39 Å². The van der Waals surface area contributed by atoms with E-state index >= 15 is 0 Å². The molecule has 1 aromatic heterocycles. The molecule has 0 spiro atoms. The fourth-order valence-corrected chi connectivity index (χ4v) is 1.63. The van der Waals surface area contributed by atoms with Gasteiger partial charge < -0.3 is 10.3 Å². The molecular weight excluding hydrogens is 259 g/mol. The summed E-state index contributed by atoms with van der Waals surface area (Å²) in [5, 5.41) is 3.02. The number of aromatic nitrogens is 1. The predicted octanol–water partition coefficient (Wildman–Crippen LogP) is 3.53. The highest BCUT2D eigenvalue weighted by molar-refractivity contribution is 9.10. The molecule has 0 aliphatic rings. The zero-order valence-corrected chi connectivity index (χ0v) is 9.51. The summed E-state index contributed by atoms with van der Waals surface area (Å²) < 4.78 is 14.1. The second kappa shape index (κ2) is 4.49. The van der Waals surface area contributed by atoms with Crippen molar-refractivity contribution in [2.75, 3.05) is 5.32 Å². The van der Waals surface area contributed by atoms with E-state index in [0.717, 1.165) is 10.2 Å². The average Bonchev–Trinajstić information content (AvgIpc) is 2.69. The quantitative estimate of drug-likeness (QED) is 0.876. The molecule has 1 aromatic carbocycles. The van der Waals surface area contributed by atoms with Gasteiger partial charge in [-0.05, 0) is 30.3 Å². The predicted molar refractivity (Wildman–Crippen MR) is 62.2 cm³/mol. The molecule has 0 radical (unpaired) electrons. The van der Waals surface area contributed by atoms with E-state index < -0.39 is 0 Å². The lowest BCUT2D eigenvalue weighted by molar-refractivity contribution is 0.629. The van der Waals surface area contributed by atoms with Crippen LogP contribution in [-0.2, 0) is 6.54 Å². The van der Waals surface area contributed by atoms with Crippen LogP contribution < -0.4 is 5.32 Å². The van der Waals surface area contributed by atoms with E-state index in [1.807, 2.05) is 18.3 Å². The molecule has 0 fully saturated rings. The number of H-pyrrole nitrogens is 1. The normalized spacial score (nSPS) is 10.3. The second-order valence-electron chi connectivity index (χ2n) is 3.17. The lowest BCUT2D eigenvalue weighted by Crippen LogP contribution is -2.01. The first-order chi connectivity index (χ1) is 7.25. The van der Waals surface area contributed by atoms with Crippen molar-refractivity contribution in [3.8, 4) is 0 Å². The van der Waals surface area contributed by atoms with Crippen LogP contribution in [0.25, 0.3) is 0 Å². The Labute approximate surface area is 95.6 Å². The van der Waals surface area contributed by atoms with Gasteiger partial charge in [-0.1, -0.05) is 15.9 Å². The van der Waals surface area contributed by atoms with Gasteiger partial charge in [0.25, 0.3) is 0 Å². The maximum Gasteiger partial charge on any atom is 0.147 e. The Kier molecular flexibility index (Phi) is 3.06. The summed E-state index contributed by atoms with van der Waals surface area (Å²) >= 11 is 3.21. The molecule has 0 aliphatic carbocycles. The summed E-state index contributed by atoms with van der Waals surface area (Å²) in [5.41, 5.74) is 1.53. The number of halogens is 2. The summed E-state index contributed by atoms with van der Waals surface area (Å²) in [5.74, 6) is -0.254.